The first kappa shape index (κ1) is 16.2. The van der Waals surface area contributed by atoms with E-state index in [0.29, 0.717) is 12.3 Å². The molecule has 0 amide bonds. The van der Waals surface area contributed by atoms with Crippen LogP contribution in [0.2, 0.25) is 5.02 Å². The van der Waals surface area contributed by atoms with Crippen LogP contribution in [0, 0.1) is 0 Å². The van der Waals surface area contributed by atoms with Gasteiger partial charge in [-0.05, 0) is 23.6 Å². The van der Waals surface area contributed by atoms with Gasteiger partial charge in [0.05, 0.1) is 11.4 Å². The van der Waals surface area contributed by atoms with Crippen molar-refractivity contribution in [2.45, 2.75) is 26.2 Å². The van der Waals surface area contributed by atoms with Crippen LogP contribution in [0.3, 0.4) is 0 Å². The summed E-state index contributed by atoms with van der Waals surface area (Å²) in [6, 6.07) is 9.84. The van der Waals surface area contributed by atoms with E-state index in [1.165, 1.54) is 11.3 Å². The molecule has 0 aliphatic heterocycles. The minimum absolute atomic E-state index is 0.376. The summed E-state index contributed by atoms with van der Waals surface area (Å²) >= 11 is 7.77. The molecule has 0 aliphatic rings. The molecule has 8 heteroatoms. The lowest BCUT2D eigenvalue weighted by Gasteiger charge is -2.01. The fourth-order valence-corrected chi connectivity index (χ4v) is 3.76. The summed E-state index contributed by atoms with van der Waals surface area (Å²) in [4.78, 5) is 0.768. The maximum Gasteiger partial charge on any atom is 0.235 e. The van der Waals surface area contributed by atoms with Crippen molar-refractivity contribution < 1.29 is 0 Å². The molecule has 0 fully saturated rings. The third kappa shape index (κ3) is 2.94. The third-order valence-electron chi connectivity index (χ3n) is 4.07. The van der Waals surface area contributed by atoms with Crippen molar-refractivity contribution in [1.29, 1.82) is 0 Å². The van der Waals surface area contributed by atoms with E-state index in [4.69, 9.17) is 16.7 Å². The zero-order valence-electron chi connectivity index (χ0n) is 14.1. The van der Waals surface area contributed by atoms with Crippen LogP contribution >= 0.6 is 22.9 Å². The summed E-state index contributed by atoms with van der Waals surface area (Å²) in [6.07, 6.45) is 0.590. The summed E-state index contributed by atoms with van der Waals surface area (Å²) in [7, 11) is 1.94. The fourth-order valence-electron chi connectivity index (χ4n) is 2.66. The Bertz CT molecular complexity index is 1040. The van der Waals surface area contributed by atoms with Crippen molar-refractivity contribution in [2.24, 2.45) is 7.05 Å². The summed E-state index contributed by atoms with van der Waals surface area (Å²) < 4.78 is 3.67. The zero-order chi connectivity index (χ0) is 17.6. The number of hydrogen-bond acceptors (Lipinski definition) is 5. The maximum atomic E-state index is 6.26. The van der Waals surface area contributed by atoms with Gasteiger partial charge in [-0.25, -0.2) is 0 Å². The van der Waals surface area contributed by atoms with Crippen LogP contribution in [0.1, 0.15) is 36.8 Å². The van der Waals surface area contributed by atoms with Crippen LogP contribution in [-0.2, 0) is 13.5 Å². The lowest BCUT2D eigenvalue weighted by Crippen LogP contribution is -1.99. The molecule has 1 aromatic carbocycles. The van der Waals surface area contributed by atoms with E-state index < -0.39 is 0 Å². The minimum atomic E-state index is 0.376. The summed E-state index contributed by atoms with van der Waals surface area (Å²) in [6.45, 7) is 4.26. The first-order valence-corrected chi connectivity index (χ1v) is 9.21. The van der Waals surface area contributed by atoms with Crippen LogP contribution in [0.25, 0.3) is 15.7 Å². The minimum Gasteiger partial charge on any atom is -0.265 e. The Morgan fingerprint density at radius 2 is 1.96 bits per heavy atom. The molecule has 0 saturated heterocycles. The molecular formula is C17H17ClN6S. The lowest BCUT2D eigenvalue weighted by atomic mass is 10.1. The molecule has 6 nitrogen and oxygen atoms in total. The molecule has 25 heavy (non-hydrogen) atoms. The van der Waals surface area contributed by atoms with Gasteiger partial charge in [-0.1, -0.05) is 55.0 Å². The van der Waals surface area contributed by atoms with E-state index in [-0.39, 0.29) is 0 Å². The Morgan fingerprint density at radius 3 is 2.68 bits per heavy atom. The standard InChI is InChI=1S/C17H17ClN6S/c1-10(2)13-9-14(23(3)21-13)16-22-24-15(19-20-17(24)25-16)8-11-6-4-5-7-12(11)18/h4-7,9-10H,8H2,1-3H3. The SMILES string of the molecule is CC(C)c1cc(-c2nn3c(Cc4ccccc4Cl)nnc3s2)n(C)n1. The Labute approximate surface area is 154 Å². The highest BCUT2D eigenvalue weighted by Crippen LogP contribution is 2.28. The van der Waals surface area contributed by atoms with Crippen LogP contribution in [0.5, 0.6) is 0 Å². The molecule has 3 heterocycles. The van der Waals surface area contributed by atoms with Crippen molar-refractivity contribution in [3.8, 4) is 10.7 Å². The number of benzene rings is 1. The molecule has 0 aliphatic carbocycles. The van der Waals surface area contributed by atoms with Crippen molar-refractivity contribution in [3.05, 3.63) is 52.4 Å². The zero-order valence-corrected chi connectivity index (χ0v) is 15.7. The number of aryl methyl sites for hydroxylation is 1. The lowest BCUT2D eigenvalue weighted by molar-refractivity contribution is 0.715. The molecule has 0 saturated carbocycles. The normalized spacial score (nSPS) is 11.7. The average molecular weight is 373 g/mol. The topological polar surface area (TPSA) is 60.9 Å². The van der Waals surface area contributed by atoms with Crippen LogP contribution in [-0.4, -0.2) is 29.6 Å². The predicted molar refractivity (Wildman–Crippen MR) is 99.2 cm³/mol. The molecule has 0 N–H and O–H groups in total. The quantitative estimate of drug-likeness (QED) is 0.544. The van der Waals surface area contributed by atoms with Gasteiger partial charge in [0.2, 0.25) is 4.96 Å². The molecule has 0 radical (unpaired) electrons. The molecule has 4 rings (SSSR count). The Kier molecular flexibility index (Phi) is 4.05. The molecule has 0 unspecified atom stereocenters. The third-order valence-corrected chi connectivity index (χ3v) is 5.36. The number of fused-ring (bicyclic) bond motifs is 1. The van der Waals surface area contributed by atoms with E-state index >= 15 is 0 Å². The molecular weight excluding hydrogens is 356 g/mol. The fraction of sp³-hybridized carbons (Fsp3) is 0.294. The summed E-state index contributed by atoms with van der Waals surface area (Å²) in [5, 5.41) is 19.4. The van der Waals surface area contributed by atoms with Crippen LogP contribution < -0.4 is 0 Å². The highest BCUT2D eigenvalue weighted by Gasteiger charge is 2.18. The van der Waals surface area contributed by atoms with E-state index in [1.807, 2.05) is 36.0 Å². The number of aromatic nitrogens is 6. The van der Waals surface area contributed by atoms with Crippen molar-refractivity contribution in [1.82, 2.24) is 29.6 Å². The summed E-state index contributed by atoms with van der Waals surface area (Å²) in [5.74, 6) is 1.15. The Hall–Kier alpha value is -2.25. The number of halogens is 1. The van der Waals surface area contributed by atoms with Gasteiger partial charge >= 0.3 is 0 Å². The molecule has 4 aromatic rings. The van der Waals surface area contributed by atoms with Gasteiger partial charge < -0.3 is 0 Å². The molecule has 3 aromatic heterocycles. The van der Waals surface area contributed by atoms with E-state index in [1.54, 1.807) is 4.52 Å². The van der Waals surface area contributed by atoms with Gasteiger partial charge in [0.15, 0.2) is 10.8 Å². The summed E-state index contributed by atoms with van der Waals surface area (Å²) in [5.41, 5.74) is 3.05. The second-order valence-corrected chi connectivity index (χ2v) is 7.58. The Morgan fingerprint density at radius 1 is 1.16 bits per heavy atom. The molecule has 0 spiro atoms. The van der Waals surface area contributed by atoms with Gasteiger partial charge in [-0.3, -0.25) is 4.68 Å². The second-order valence-electron chi connectivity index (χ2n) is 6.22. The van der Waals surface area contributed by atoms with Crippen molar-refractivity contribution in [3.63, 3.8) is 0 Å². The van der Waals surface area contributed by atoms with Gasteiger partial charge in [-0.2, -0.15) is 14.7 Å². The largest absolute Gasteiger partial charge is 0.265 e. The van der Waals surface area contributed by atoms with Crippen LogP contribution in [0.4, 0.5) is 0 Å². The predicted octanol–water partition coefficient (Wildman–Crippen LogP) is 3.95. The number of nitrogens with zero attached hydrogens (tertiary/aromatic N) is 6. The monoisotopic (exact) mass is 372 g/mol. The first-order valence-electron chi connectivity index (χ1n) is 8.01. The highest BCUT2D eigenvalue weighted by molar-refractivity contribution is 7.19. The highest BCUT2D eigenvalue weighted by atomic mass is 35.5. The van der Waals surface area contributed by atoms with Gasteiger partial charge in [0, 0.05) is 18.5 Å². The number of rotatable bonds is 4. The van der Waals surface area contributed by atoms with Gasteiger partial charge in [0.25, 0.3) is 0 Å². The van der Waals surface area contributed by atoms with Crippen molar-refractivity contribution >= 4 is 27.9 Å². The van der Waals surface area contributed by atoms with Gasteiger partial charge in [-0.15, -0.1) is 10.2 Å². The molecule has 0 bridgehead atoms. The van der Waals surface area contributed by atoms with Gasteiger partial charge in [0.1, 0.15) is 0 Å². The van der Waals surface area contributed by atoms with Crippen LogP contribution in [0.15, 0.2) is 30.3 Å². The maximum absolute atomic E-state index is 6.26. The van der Waals surface area contributed by atoms with E-state index in [9.17, 15) is 0 Å². The van der Waals surface area contributed by atoms with Crippen molar-refractivity contribution in [2.75, 3.05) is 0 Å². The number of hydrogen-bond donors (Lipinski definition) is 0. The van der Waals surface area contributed by atoms with E-state index in [0.717, 1.165) is 37.8 Å². The van der Waals surface area contributed by atoms with E-state index in [2.05, 4.69) is 35.2 Å². The average Bonchev–Trinajstić information content (AvgIpc) is 3.24. The molecule has 0 atom stereocenters. The Balaban J connectivity index is 1.72. The second kappa shape index (κ2) is 6.24. The first-order chi connectivity index (χ1) is 12.0. The smallest absolute Gasteiger partial charge is 0.235 e. The molecule has 128 valence electrons.